The monoisotopic (exact) mass is 178 g/mol. The van der Waals surface area contributed by atoms with Crippen LogP contribution in [0.2, 0.25) is 0 Å². The number of hydrogen-bond acceptors (Lipinski definition) is 2. The van der Waals surface area contributed by atoms with Crippen molar-refractivity contribution >= 4 is 11.9 Å². The maximum absolute atomic E-state index is 12.1. The Labute approximate surface area is 67.7 Å². The van der Waals surface area contributed by atoms with Gasteiger partial charge in [-0.25, -0.2) is 12.9 Å². The smallest absolute Gasteiger partial charge is 0.214 e. The van der Waals surface area contributed by atoms with Gasteiger partial charge in [0.1, 0.15) is 5.69 Å². The molecule has 11 heavy (non-hydrogen) atoms. The van der Waals surface area contributed by atoms with Crippen molar-refractivity contribution in [1.29, 1.82) is 0 Å². The number of aryl methyl sites for hydroxylation is 1. The fraction of sp³-hybridized carbons (Fsp3) is 0.500. The Morgan fingerprint density at radius 3 is 2.55 bits per heavy atom. The van der Waals surface area contributed by atoms with Gasteiger partial charge in [0, 0.05) is 12.5 Å². The first-order chi connectivity index (χ1) is 5.15. The maximum atomic E-state index is 12.1. The average molecular weight is 178 g/mol. The molecule has 0 aliphatic rings. The van der Waals surface area contributed by atoms with Crippen LogP contribution in [-0.2, 0) is 0 Å². The van der Waals surface area contributed by atoms with Gasteiger partial charge in [0.05, 0.1) is 0 Å². The molecule has 0 spiro atoms. The molecule has 2 nitrogen and oxygen atoms in total. The third kappa shape index (κ3) is 1.71. The van der Waals surface area contributed by atoms with E-state index in [1.54, 1.807) is 19.4 Å². The van der Waals surface area contributed by atoms with E-state index in [2.05, 4.69) is 5.10 Å². The first-order valence-corrected chi connectivity index (χ1v) is 4.22. The van der Waals surface area contributed by atoms with Gasteiger partial charge in [-0.1, -0.05) is 0 Å². The second-order valence-electron chi connectivity index (χ2n) is 2.08. The molecule has 0 amide bonds. The van der Waals surface area contributed by atoms with Crippen LogP contribution in [-0.4, -0.2) is 15.4 Å². The zero-order chi connectivity index (χ0) is 8.43. The summed E-state index contributed by atoms with van der Waals surface area (Å²) in [7, 11) is 0. The van der Waals surface area contributed by atoms with Gasteiger partial charge in [-0.3, -0.25) is 0 Å². The van der Waals surface area contributed by atoms with E-state index in [4.69, 9.17) is 0 Å². The van der Waals surface area contributed by atoms with E-state index in [0.29, 0.717) is 5.56 Å². The average Bonchev–Trinajstić information content (AvgIpc) is 2.30. The summed E-state index contributed by atoms with van der Waals surface area (Å²) in [5, 5.41) is 3.66. The molecule has 0 N–H and O–H groups in total. The Morgan fingerprint density at radius 1 is 1.64 bits per heavy atom. The molecule has 0 unspecified atom stereocenters. The molecule has 0 aliphatic carbocycles. The van der Waals surface area contributed by atoms with Gasteiger partial charge in [-0.15, -0.1) is 0 Å². The lowest BCUT2D eigenvalue weighted by atomic mass is 10.3. The number of halogens is 2. The van der Waals surface area contributed by atoms with Crippen molar-refractivity contribution in [2.45, 2.75) is 13.3 Å². The van der Waals surface area contributed by atoms with Crippen molar-refractivity contribution in [1.82, 2.24) is 9.19 Å². The van der Waals surface area contributed by atoms with Crippen molar-refractivity contribution in [2.75, 3.05) is 6.26 Å². The van der Waals surface area contributed by atoms with Gasteiger partial charge in [0.15, 0.2) is 0 Å². The summed E-state index contributed by atoms with van der Waals surface area (Å²) in [6, 6.07) is 0. The predicted octanol–water partition coefficient (Wildman–Crippen LogP) is 2.26. The largest absolute Gasteiger partial charge is 0.282 e. The summed E-state index contributed by atoms with van der Waals surface area (Å²) in [6.07, 6.45) is 0.900. The second-order valence-corrected chi connectivity index (χ2v) is 2.82. The highest BCUT2D eigenvalue weighted by atomic mass is 32.2. The van der Waals surface area contributed by atoms with Gasteiger partial charge in [0.25, 0.3) is 6.43 Å². The first-order valence-electron chi connectivity index (χ1n) is 3.04. The van der Waals surface area contributed by atoms with Crippen molar-refractivity contribution in [3.8, 4) is 0 Å². The molecule has 0 aromatic carbocycles. The van der Waals surface area contributed by atoms with Crippen LogP contribution < -0.4 is 0 Å². The molecule has 62 valence electrons. The molecule has 5 heteroatoms. The molecule has 1 heterocycles. The molecule has 1 aromatic heterocycles. The summed E-state index contributed by atoms with van der Waals surface area (Å²) in [5.41, 5.74) is 0.411. The minimum Gasteiger partial charge on any atom is -0.214 e. The molecule has 0 saturated heterocycles. The summed E-state index contributed by atoms with van der Waals surface area (Å²) in [6.45, 7) is 1.63. The van der Waals surface area contributed by atoms with Crippen molar-refractivity contribution in [3.05, 3.63) is 17.5 Å². The van der Waals surface area contributed by atoms with E-state index in [1.807, 2.05) is 0 Å². The lowest BCUT2D eigenvalue weighted by molar-refractivity contribution is 0.145. The second kappa shape index (κ2) is 3.21. The predicted molar refractivity (Wildman–Crippen MR) is 40.8 cm³/mol. The minimum atomic E-state index is -2.47. The zero-order valence-electron chi connectivity index (χ0n) is 6.21. The molecule has 1 rings (SSSR count). The number of alkyl halides is 2. The van der Waals surface area contributed by atoms with Crippen LogP contribution in [0.5, 0.6) is 0 Å². The van der Waals surface area contributed by atoms with E-state index in [-0.39, 0.29) is 5.69 Å². The molecule has 0 saturated carbocycles. The summed E-state index contributed by atoms with van der Waals surface area (Å²) in [5.74, 6) is 0. The van der Waals surface area contributed by atoms with Gasteiger partial charge < -0.3 is 0 Å². The fourth-order valence-electron chi connectivity index (χ4n) is 0.755. The van der Waals surface area contributed by atoms with Crippen LogP contribution in [0.25, 0.3) is 0 Å². The highest BCUT2D eigenvalue weighted by molar-refractivity contribution is 7.97. The highest BCUT2D eigenvalue weighted by Gasteiger charge is 2.14. The lowest BCUT2D eigenvalue weighted by Gasteiger charge is -1.92. The summed E-state index contributed by atoms with van der Waals surface area (Å²) in [4.78, 5) is 0. The Balaban J connectivity index is 2.97. The third-order valence-corrected chi connectivity index (χ3v) is 1.87. The van der Waals surface area contributed by atoms with Crippen LogP contribution in [0.1, 0.15) is 17.7 Å². The third-order valence-electron chi connectivity index (χ3n) is 1.31. The van der Waals surface area contributed by atoms with E-state index in [1.165, 1.54) is 16.0 Å². The Morgan fingerprint density at radius 2 is 2.27 bits per heavy atom. The zero-order valence-corrected chi connectivity index (χ0v) is 7.03. The van der Waals surface area contributed by atoms with Gasteiger partial charge >= 0.3 is 0 Å². The van der Waals surface area contributed by atoms with E-state index < -0.39 is 6.43 Å². The van der Waals surface area contributed by atoms with Gasteiger partial charge in [-0.05, 0) is 24.4 Å². The van der Waals surface area contributed by atoms with Gasteiger partial charge in [-0.2, -0.15) is 5.10 Å². The molecule has 0 fully saturated rings. The molecule has 0 atom stereocenters. The molecule has 1 aromatic rings. The standard InChI is InChI=1S/C6H8F2N2S/c1-4-3-10(11-2)9-5(4)6(7)8/h3,6H,1-2H3. The topological polar surface area (TPSA) is 17.8 Å². The van der Waals surface area contributed by atoms with Crippen molar-refractivity contribution in [2.24, 2.45) is 0 Å². The molecule has 0 aliphatic heterocycles. The quantitative estimate of drug-likeness (QED) is 0.691. The van der Waals surface area contributed by atoms with Crippen LogP contribution in [0.15, 0.2) is 6.20 Å². The van der Waals surface area contributed by atoms with Crippen molar-refractivity contribution in [3.63, 3.8) is 0 Å². The van der Waals surface area contributed by atoms with Gasteiger partial charge in [0.2, 0.25) is 0 Å². The highest BCUT2D eigenvalue weighted by Crippen LogP contribution is 2.21. The van der Waals surface area contributed by atoms with E-state index >= 15 is 0 Å². The summed E-state index contributed by atoms with van der Waals surface area (Å²) < 4.78 is 25.6. The van der Waals surface area contributed by atoms with Crippen LogP contribution in [0.3, 0.4) is 0 Å². The molecular formula is C6H8F2N2S. The molecule has 0 radical (unpaired) electrons. The number of aromatic nitrogens is 2. The van der Waals surface area contributed by atoms with E-state index in [0.717, 1.165) is 0 Å². The van der Waals surface area contributed by atoms with Crippen LogP contribution in [0, 0.1) is 6.92 Å². The molecule has 0 bridgehead atoms. The van der Waals surface area contributed by atoms with Crippen LogP contribution >= 0.6 is 11.9 Å². The number of rotatable bonds is 2. The number of nitrogens with zero attached hydrogens (tertiary/aromatic N) is 2. The Bertz CT molecular complexity index is 247. The molecular weight excluding hydrogens is 170 g/mol. The first kappa shape index (κ1) is 8.52. The normalized spacial score (nSPS) is 11.0. The maximum Gasteiger partial charge on any atom is 0.282 e. The SMILES string of the molecule is CSn1cc(C)c(C(F)F)n1. The Hall–Kier alpha value is -0.580. The Kier molecular flexibility index (Phi) is 2.49. The lowest BCUT2D eigenvalue weighted by Crippen LogP contribution is -1.89. The minimum absolute atomic E-state index is 0.126. The fourth-order valence-corrected chi connectivity index (χ4v) is 1.19. The van der Waals surface area contributed by atoms with Crippen molar-refractivity contribution < 1.29 is 8.78 Å². The van der Waals surface area contributed by atoms with E-state index in [9.17, 15) is 8.78 Å². The van der Waals surface area contributed by atoms with Crippen LogP contribution in [0.4, 0.5) is 8.78 Å². The summed E-state index contributed by atoms with van der Waals surface area (Å²) >= 11 is 1.29. The number of hydrogen-bond donors (Lipinski definition) is 0.